The summed E-state index contributed by atoms with van der Waals surface area (Å²) in [4.78, 5) is 0. The second-order valence-electron chi connectivity index (χ2n) is 26.3. The Morgan fingerprint density at radius 3 is 1.53 bits per heavy atom. The van der Waals surface area contributed by atoms with E-state index in [2.05, 4.69) is 299 Å². The predicted molar refractivity (Wildman–Crippen MR) is 356 cm³/mol. The Balaban J connectivity index is 0.982. The van der Waals surface area contributed by atoms with E-state index in [9.17, 15) is 0 Å². The fourth-order valence-corrected chi connectivity index (χ4v) is 15.8. The minimum atomic E-state index is -0.521. The monoisotopic (exact) mass is 1090 g/mol. The van der Waals surface area contributed by atoms with Crippen molar-refractivity contribution in [2.45, 2.75) is 57.8 Å². The first kappa shape index (κ1) is 48.6. The number of ether oxygens (including phenoxy) is 1. The van der Waals surface area contributed by atoms with Crippen molar-refractivity contribution in [3.8, 4) is 78.5 Å². The lowest BCUT2D eigenvalue weighted by Gasteiger charge is -2.35. The van der Waals surface area contributed by atoms with Gasteiger partial charge in [-0.25, -0.2) is 0 Å². The predicted octanol–water partition coefficient (Wildman–Crippen LogP) is 18.8. The zero-order valence-corrected chi connectivity index (χ0v) is 48.6. The maximum Gasteiger partial charge on any atom is 0.256 e. The molecule has 1 spiro atoms. The molecule has 0 atom stereocenters. The van der Waals surface area contributed by atoms with Crippen molar-refractivity contribution < 1.29 is 4.74 Å². The molecular formula is C81H59BN2O. The highest BCUT2D eigenvalue weighted by Crippen LogP contribution is 2.63. The number of rotatable bonds is 4. The number of aromatic nitrogens is 2. The van der Waals surface area contributed by atoms with Gasteiger partial charge in [0.2, 0.25) is 0 Å². The molecule has 0 N–H and O–H groups in total. The molecule has 2 aromatic heterocycles. The molecule has 4 heteroatoms. The highest BCUT2D eigenvalue weighted by Gasteiger charge is 2.53. The fourth-order valence-electron chi connectivity index (χ4n) is 15.8. The normalized spacial score (nSPS) is 13.9. The van der Waals surface area contributed by atoms with Crippen LogP contribution in [-0.2, 0) is 16.2 Å². The van der Waals surface area contributed by atoms with Crippen LogP contribution in [0.1, 0.15) is 74.9 Å². The van der Waals surface area contributed by atoms with Crippen LogP contribution in [0, 0.1) is 0 Å². The van der Waals surface area contributed by atoms with E-state index in [0.717, 1.165) is 28.4 Å². The van der Waals surface area contributed by atoms with E-state index >= 15 is 0 Å². The fraction of sp³-hybridized carbons (Fsp3) is 0.111. The summed E-state index contributed by atoms with van der Waals surface area (Å²) in [5.41, 5.74) is 30.3. The Hall–Kier alpha value is -9.90. The molecule has 18 rings (SSSR count). The first-order chi connectivity index (χ1) is 41.4. The van der Waals surface area contributed by atoms with E-state index in [1.165, 1.54) is 143 Å². The molecule has 0 saturated carbocycles. The van der Waals surface area contributed by atoms with Gasteiger partial charge in [0, 0.05) is 32.8 Å². The highest BCUT2D eigenvalue weighted by atomic mass is 16.5. The van der Waals surface area contributed by atoms with Crippen molar-refractivity contribution in [1.82, 2.24) is 9.13 Å². The highest BCUT2D eigenvalue weighted by molar-refractivity contribution is 6.99. The third-order valence-corrected chi connectivity index (χ3v) is 19.6. The maximum atomic E-state index is 7.78. The second kappa shape index (κ2) is 17.1. The molecule has 0 radical (unpaired) electrons. The average molecular weight is 1090 g/mol. The topological polar surface area (TPSA) is 19.1 Å². The molecule has 0 amide bonds. The minimum Gasteiger partial charge on any atom is -0.458 e. The van der Waals surface area contributed by atoms with Crippen LogP contribution in [0.4, 0.5) is 0 Å². The zero-order valence-electron chi connectivity index (χ0n) is 48.6. The zero-order chi connectivity index (χ0) is 56.8. The van der Waals surface area contributed by atoms with Gasteiger partial charge in [0.15, 0.2) is 0 Å². The number of hydrogen-bond donors (Lipinski definition) is 0. The van der Waals surface area contributed by atoms with Gasteiger partial charge in [-0.2, -0.15) is 0 Å². The smallest absolute Gasteiger partial charge is 0.256 e. The van der Waals surface area contributed by atoms with Gasteiger partial charge in [0.05, 0.1) is 33.2 Å². The summed E-state index contributed by atoms with van der Waals surface area (Å²) in [6, 6.07) is 94.4. The first-order valence-corrected chi connectivity index (χ1v) is 30.2. The van der Waals surface area contributed by atoms with E-state index in [1.807, 2.05) is 0 Å². The molecule has 0 unspecified atom stereocenters. The largest absolute Gasteiger partial charge is 0.458 e. The van der Waals surface area contributed by atoms with Gasteiger partial charge in [-0.3, -0.25) is 0 Å². The van der Waals surface area contributed by atoms with Crippen LogP contribution in [0.15, 0.2) is 249 Å². The summed E-state index contributed by atoms with van der Waals surface area (Å²) < 4.78 is 13.0. The lowest BCUT2D eigenvalue weighted by Crippen LogP contribution is -2.58. The molecular weight excluding hydrogens is 1030 g/mol. The number of hydrogen-bond acceptors (Lipinski definition) is 1. The van der Waals surface area contributed by atoms with E-state index < -0.39 is 5.41 Å². The lowest BCUT2D eigenvalue weighted by molar-refractivity contribution is 0.486. The van der Waals surface area contributed by atoms with Crippen molar-refractivity contribution in [2.75, 3.05) is 0 Å². The molecule has 14 aromatic rings. The van der Waals surface area contributed by atoms with Gasteiger partial charge in [0.25, 0.3) is 6.71 Å². The van der Waals surface area contributed by atoms with Gasteiger partial charge < -0.3 is 13.9 Å². The van der Waals surface area contributed by atoms with Crippen LogP contribution in [-0.4, -0.2) is 15.8 Å². The van der Waals surface area contributed by atoms with Crippen LogP contribution in [0.5, 0.6) is 11.5 Å². The minimum absolute atomic E-state index is 0.0712. The van der Waals surface area contributed by atoms with Gasteiger partial charge >= 0.3 is 0 Å². The molecule has 0 fully saturated rings. The van der Waals surface area contributed by atoms with E-state index in [4.69, 9.17) is 4.74 Å². The Labute approximate surface area is 496 Å². The third kappa shape index (κ3) is 6.57. The van der Waals surface area contributed by atoms with Crippen molar-refractivity contribution in [3.05, 3.63) is 282 Å². The van der Waals surface area contributed by atoms with Crippen LogP contribution >= 0.6 is 0 Å². The van der Waals surface area contributed by atoms with E-state index in [-0.39, 0.29) is 17.5 Å². The lowest BCUT2D eigenvalue weighted by atomic mass is 9.34. The van der Waals surface area contributed by atoms with Crippen LogP contribution in [0.2, 0.25) is 0 Å². The summed E-state index contributed by atoms with van der Waals surface area (Å²) in [5.74, 6) is 1.82. The molecule has 0 bridgehead atoms. The van der Waals surface area contributed by atoms with Gasteiger partial charge in [0.1, 0.15) is 11.5 Å². The summed E-state index contributed by atoms with van der Waals surface area (Å²) in [7, 11) is 0. The summed E-state index contributed by atoms with van der Waals surface area (Å²) >= 11 is 0. The molecule has 4 heterocycles. The quantitative estimate of drug-likeness (QED) is 0.161. The van der Waals surface area contributed by atoms with Gasteiger partial charge in [-0.1, -0.05) is 248 Å². The Morgan fingerprint density at radius 1 is 0.341 bits per heavy atom. The molecule has 2 aliphatic carbocycles. The van der Waals surface area contributed by atoms with Crippen LogP contribution in [0.3, 0.4) is 0 Å². The molecule has 12 aromatic carbocycles. The molecule has 402 valence electrons. The average Bonchev–Trinajstić information content (AvgIpc) is 1.76. The molecule has 85 heavy (non-hydrogen) atoms. The third-order valence-electron chi connectivity index (χ3n) is 19.6. The number of nitrogens with zero attached hydrogens (tertiary/aromatic N) is 2. The summed E-state index contributed by atoms with van der Waals surface area (Å²) in [6.07, 6.45) is 0. The van der Waals surface area contributed by atoms with Crippen LogP contribution in [0.25, 0.3) is 111 Å². The van der Waals surface area contributed by atoms with Crippen molar-refractivity contribution in [2.24, 2.45) is 0 Å². The van der Waals surface area contributed by atoms with Gasteiger partial charge in [-0.05, 0) is 153 Å². The van der Waals surface area contributed by atoms with Gasteiger partial charge in [-0.15, -0.1) is 0 Å². The van der Waals surface area contributed by atoms with E-state index in [0.29, 0.717) is 0 Å². The van der Waals surface area contributed by atoms with Crippen molar-refractivity contribution in [1.29, 1.82) is 0 Å². The summed E-state index contributed by atoms with van der Waals surface area (Å²) in [5, 5.41) is 4.94. The SMILES string of the molecule is CC(C)(C)c1cc(-c2cc3c4c(c2)-n2c5ccccc5c5c2c(cc2c6ccccc6n(-c6ccc(-c7ccccc7)cc6-c6ccccc6)c25)B4c2cc4c(cc2O3)C2(c3ccccc3-c3ccccc32)c2ccccc2-4)cc(C(C)(C)C)c1. The Kier molecular flexibility index (Phi) is 9.79. The maximum absolute atomic E-state index is 7.78. The van der Waals surface area contributed by atoms with E-state index in [1.54, 1.807) is 0 Å². The molecule has 4 aliphatic rings. The molecule has 0 saturated heterocycles. The van der Waals surface area contributed by atoms with Crippen molar-refractivity contribution >= 4 is 66.7 Å². The molecule has 2 aliphatic heterocycles. The number of benzene rings is 12. The molecule has 3 nitrogen and oxygen atoms in total. The Morgan fingerprint density at radius 2 is 0.882 bits per heavy atom. The summed E-state index contributed by atoms with van der Waals surface area (Å²) in [6.45, 7) is 13.9. The number of fused-ring (bicyclic) bond motifs is 21. The standard InChI is InChI=1S/C81H59BN2O/c1-79(2,3)53-39-51(40-54(44-53)80(4,5)6)52-42-72-76-74(43-52)85-73-47-66-61(57-29-15-20-34-65(57)81(66)63-32-18-13-27-55(63)56-28-14-19-33-64(56)81)45-67(73)82(76)68-46-62-58-30-16-21-35-69(58)83(77(62)75-59-31-17-22-36-70(59)84(72)78(68)75)71-38-37-50(48-23-9-7-10-24-48)41-60(71)49-25-11-8-12-26-49/h7-47H,1-6H3. The first-order valence-electron chi connectivity index (χ1n) is 30.2. The van der Waals surface area contributed by atoms with Crippen molar-refractivity contribution in [3.63, 3.8) is 0 Å². The van der Waals surface area contributed by atoms with Crippen LogP contribution < -0.4 is 21.1 Å². The second-order valence-corrected chi connectivity index (χ2v) is 26.3. The Bertz CT molecular complexity index is 5160. The number of para-hydroxylation sites is 2.